The van der Waals surface area contributed by atoms with Crippen molar-refractivity contribution in [3.63, 3.8) is 0 Å². The highest BCUT2D eigenvalue weighted by Gasteiger charge is 2.41. The van der Waals surface area contributed by atoms with E-state index in [1.54, 1.807) is 11.3 Å². The number of hydrogen-bond acceptors (Lipinski definition) is 4. The number of rotatable bonds is 1. The van der Waals surface area contributed by atoms with Crippen LogP contribution in [0.2, 0.25) is 0 Å². The van der Waals surface area contributed by atoms with Gasteiger partial charge in [0.15, 0.2) is 0 Å². The minimum Gasteiger partial charge on any atom is -0.444 e. The normalized spacial score (nSPS) is 25.6. The first-order chi connectivity index (χ1) is 9.44. The van der Waals surface area contributed by atoms with Gasteiger partial charge in [0.1, 0.15) is 5.60 Å². The number of carbonyl (C=O) groups excluding carboxylic acids is 1. The molecule has 1 aromatic heterocycles. The minimum atomic E-state index is -0.435. The van der Waals surface area contributed by atoms with E-state index >= 15 is 0 Å². The number of nitrogens with zero attached hydrogens (tertiary/aromatic N) is 2. The molecule has 2 atom stereocenters. The second-order valence-electron chi connectivity index (χ2n) is 6.46. The fourth-order valence-corrected chi connectivity index (χ4v) is 3.57. The zero-order valence-electron chi connectivity index (χ0n) is 12.1. The van der Waals surface area contributed by atoms with E-state index in [0.717, 1.165) is 25.0 Å². The van der Waals surface area contributed by atoms with Crippen LogP contribution < -0.4 is 0 Å². The average molecular weight is 292 g/mol. The van der Waals surface area contributed by atoms with E-state index in [9.17, 15) is 4.79 Å². The van der Waals surface area contributed by atoms with E-state index in [2.05, 4.69) is 16.4 Å². The summed E-state index contributed by atoms with van der Waals surface area (Å²) in [4.78, 5) is 18.6. The Hall–Kier alpha value is -1.36. The van der Waals surface area contributed by atoms with Gasteiger partial charge in [-0.3, -0.25) is 4.90 Å². The molecule has 5 heteroatoms. The maximum Gasteiger partial charge on any atom is 0.411 e. The lowest BCUT2D eigenvalue weighted by atomic mass is 9.99. The number of fused-ring (bicyclic) bond motifs is 2. The number of hydrogen-bond donors (Lipinski definition) is 0. The summed E-state index contributed by atoms with van der Waals surface area (Å²) in [5.74, 6) is 0. The molecule has 1 fully saturated rings. The summed E-state index contributed by atoms with van der Waals surface area (Å²) in [5.41, 5.74) is 3.77. The lowest BCUT2D eigenvalue weighted by Crippen LogP contribution is -2.45. The van der Waals surface area contributed by atoms with Gasteiger partial charge in [-0.1, -0.05) is 6.08 Å². The molecule has 0 spiro atoms. The smallest absolute Gasteiger partial charge is 0.411 e. The van der Waals surface area contributed by atoms with E-state index in [4.69, 9.17) is 4.74 Å². The van der Waals surface area contributed by atoms with E-state index in [-0.39, 0.29) is 18.2 Å². The van der Waals surface area contributed by atoms with Crippen LogP contribution in [0.5, 0.6) is 0 Å². The van der Waals surface area contributed by atoms with Crippen LogP contribution in [-0.2, 0) is 4.74 Å². The quantitative estimate of drug-likeness (QED) is 0.792. The molecule has 0 aliphatic carbocycles. The van der Waals surface area contributed by atoms with E-state index in [1.807, 2.05) is 31.2 Å². The van der Waals surface area contributed by atoms with Crippen LogP contribution in [0.4, 0.5) is 4.79 Å². The zero-order valence-corrected chi connectivity index (χ0v) is 12.9. The first-order valence-corrected chi connectivity index (χ1v) is 7.99. The maximum absolute atomic E-state index is 12.3. The van der Waals surface area contributed by atoms with Crippen LogP contribution in [0.25, 0.3) is 5.57 Å². The van der Waals surface area contributed by atoms with Gasteiger partial charge in [-0.05, 0) is 45.6 Å². The van der Waals surface area contributed by atoms with Gasteiger partial charge in [-0.2, -0.15) is 0 Å². The van der Waals surface area contributed by atoms with Crippen molar-refractivity contribution in [2.24, 2.45) is 0 Å². The molecule has 108 valence electrons. The average Bonchev–Trinajstić information content (AvgIpc) is 2.94. The molecule has 2 aliphatic rings. The molecule has 2 unspecified atom stereocenters. The van der Waals surface area contributed by atoms with Crippen LogP contribution in [0.3, 0.4) is 0 Å². The standard InChI is InChI=1S/C15H20N2O2S/c1-15(2,3)19-14(18)17-11-4-5-12(17)7-10(6-11)13-8-20-9-16-13/h6,8-9,11-12H,4-5,7H2,1-3H3. The topological polar surface area (TPSA) is 42.4 Å². The molecule has 2 aliphatic heterocycles. The van der Waals surface area contributed by atoms with Gasteiger partial charge >= 0.3 is 6.09 Å². The second-order valence-corrected chi connectivity index (χ2v) is 7.17. The van der Waals surface area contributed by atoms with Crippen molar-refractivity contribution in [3.8, 4) is 0 Å². The Balaban J connectivity index is 1.79. The highest BCUT2D eigenvalue weighted by atomic mass is 32.1. The lowest BCUT2D eigenvalue weighted by Gasteiger charge is -2.35. The summed E-state index contributed by atoms with van der Waals surface area (Å²) in [6.45, 7) is 5.73. The van der Waals surface area contributed by atoms with Crippen molar-refractivity contribution in [3.05, 3.63) is 22.7 Å². The largest absolute Gasteiger partial charge is 0.444 e. The van der Waals surface area contributed by atoms with Crippen LogP contribution in [-0.4, -0.2) is 33.7 Å². The Morgan fingerprint density at radius 3 is 2.85 bits per heavy atom. The molecular formula is C15H20N2O2S. The third-order valence-electron chi connectivity index (χ3n) is 3.76. The SMILES string of the molecule is CC(C)(C)OC(=O)N1C2C=C(c3cscn3)CC1CC2. The fraction of sp³-hybridized carbons (Fsp3) is 0.600. The molecule has 3 rings (SSSR count). The molecule has 4 nitrogen and oxygen atoms in total. The van der Waals surface area contributed by atoms with Crippen LogP contribution in [0.1, 0.15) is 45.7 Å². The summed E-state index contributed by atoms with van der Waals surface area (Å²) in [5, 5.41) is 2.08. The van der Waals surface area contributed by atoms with Gasteiger partial charge < -0.3 is 4.74 Å². The van der Waals surface area contributed by atoms with Gasteiger partial charge in [0, 0.05) is 11.4 Å². The molecule has 0 saturated carbocycles. The Morgan fingerprint density at radius 1 is 1.45 bits per heavy atom. The Bertz CT molecular complexity index is 531. The van der Waals surface area contributed by atoms with Crippen LogP contribution >= 0.6 is 11.3 Å². The highest BCUT2D eigenvalue weighted by molar-refractivity contribution is 7.07. The number of thiazole rings is 1. The first kappa shape index (κ1) is 13.6. The van der Waals surface area contributed by atoms with Gasteiger partial charge in [0.25, 0.3) is 0 Å². The van der Waals surface area contributed by atoms with Crippen molar-refractivity contribution < 1.29 is 9.53 Å². The third kappa shape index (κ3) is 2.59. The fourth-order valence-electron chi connectivity index (χ4n) is 2.99. The molecule has 20 heavy (non-hydrogen) atoms. The Labute approximate surface area is 123 Å². The third-order valence-corrected chi connectivity index (χ3v) is 4.35. The summed E-state index contributed by atoms with van der Waals surface area (Å²) in [6, 6.07) is 0.428. The predicted molar refractivity (Wildman–Crippen MR) is 79.6 cm³/mol. The minimum absolute atomic E-state index is 0.167. The number of carbonyl (C=O) groups is 1. The first-order valence-electron chi connectivity index (χ1n) is 7.04. The second kappa shape index (κ2) is 4.88. The van der Waals surface area contributed by atoms with Gasteiger partial charge in [0.05, 0.1) is 17.2 Å². The monoisotopic (exact) mass is 292 g/mol. The zero-order chi connectivity index (χ0) is 14.3. The molecule has 1 amide bonds. The molecule has 3 heterocycles. The van der Waals surface area contributed by atoms with Crippen LogP contribution in [0.15, 0.2) is 17.0 Å². The summed E-state index contributed by atoms with van der Waals surface area (Å²) in [7, 11) is 0. The molecule has 0 aromatic carbocycles. The van der Waals surface area contributed by atoms with Crippen molar-refractivity contribution in [2.45, 2.75) is 57.7 Å². The van der Waals surface area contributed by atoms with E-state index in [1.165, 1.54) is 5.57 Å². The van der Waals surface area contributed by atoms with Crippen molar-refractivity contribution in [2.75, 3.05) is 0 Å². The van der Waals surface area contributed by atoms with E-state index < -0.39 is 5.60 Å². The predicted octanol–water partition coefficient (Wildman–Crippen LogP) is 3.70. The van der Waals surface area contributed by atoms with Gasteiger partial charge in [-0.15, -0.1) is 11.3 Å². The molecule has 1 saturated heterocycles. The lowest BCUT2D eigenvalue weighted by molar-refractivity contribution is 0.0175. The summed E-state index contributed by atoms with van der Waals surface area (Å²) < 4.78 is 5.53. The van der Waals surface area contributed by atoms with Crippen molar-refractivity contribution in [1.82, 2.24) is 9.88 Å². The van der Waals surface area contributed by atoms with Crippen LogP contribution in [0, 0.1) is 0 Å². The molecule has 0 N–H and O–H groups in total. The van der Waals surface area contributed by atoms with E-state index in [0.29, 0.717) is 0 Å². The maximum atomic E-state index is 12.3. The van der Waals surface area contributed by atoms with Gasteiger partial charge in [-0.25, -0.2) is 9.78 Å². The molecule has 0 radical (unpaired) electrons. The summed E-state index contributed by atoms with van der Waals surface area (Å²) >= 11 is 1.61. The number of amides is 1. The Kier molecular flexibility index (Phi) is 3.32. The molecule has 1 aromatic rings. The van der Waals surface area contributed by atoms with Gasteiger partial charge in [0.2, 0.25) is 0 Å². The van der Waals surface area contributed by atoms with Crippen molar-refractivity contribution >= 4 is 23.0 Å². The molecule has 2 bridgehead atoms. The number of aromatic nitrogens is 1. The van der Waals surface area contributed by atoms with Crippen molar-refractivity contribution in [1.29, 1.82) is 0 Å². The molecular weight excluding hydrogens is 272 g/mol. The number of ether oxygens (including phenoxy) is 1. The summed E-state index contributed by atoms with van der Waals surface area (Å²) in [6.07, 6.45) is 4.98. The highest BCUT2D eigenvalue weighted by Crippen LogP contribution is 2.39. The Morgan fingerprint density at radius 2 is 2.25 bits per heavy atom.